The predicted molar refractivity (Wildman–Crippen MR) is 53.6 cm³/mol. The second kappa shape index (κ2) is 2.85. The van der Waals surface area contributed by atoms with Gasteiger partial charge in [-0.2, -0.15) is 0 Å². The topological polar surface area (TPSA) is 49.5 Å². The molecule has 1 fully saturated rings. The van der Waals surface area contributed by atoms with Crippen molar-refractivity contribution in [2.75, 3.05) is 23.7 Å². The minimum absolute atomic E-state index is 0.335. The Morgan fingerprint density at radius 2 is 2.14 bits per heavy atom. The zero-order valence-electron chi connectivity index (χ0n) is 8.00. The molecule has 1 aliphatic heterocycles. The van der Waals surface area contributed by atoms with E-state index in [0.29, 0.717) is 18.8 Å². The molecule has 0 bridgehead atoms. The van der Waals surface area contributed by atoms with Gasteiger partial charge in [-0.1, -0.05) is 0 Å². The van der Waals surface area contributed by atoms with E-state index in [-0.39, 0.29) is 5.82 Å². The molecule has 0 aromatic heterocycles. The predicted octanol–water partition coefficient (Wildman–Crippen LogP) is 0.979. The van der Waals surface area contributed by atoms with Gasteiger partial charge in [0.1, 0.15) is 5.82 Å². The molecule has 0 spiro atoms. The van der Waals surface area contributed by atoms with Gasteiger partial charge in [-0.3, -0.25) is 0 Å². The minimum Gasteiger partial charge on any atom is -0.397 e. The van der Waals surface area contributed by atoms with Crippen LogP contribution in [0.15, 0.2) is 18.2 Å². The third-order valence-corrected chi connectivity index (χ3v) is 2.39. The van der Waals surface area contributed by atoms with Crippen LogP contribution in [0.3, 0.4) is 0 Å². The molecule has 3 N–H and O–H groups in total. The van der Waals surface area contributed by atoms with Crippen molar-refractivity contribution in [3.63, 3.8) is 0 Å². The number of hydrogen-bond donors (Lipinski definition) is 2. The van der Waals surface area contributed by atoms with Gasteiger partial charge >= 0.3 is 0 Å². The molecule has 0 aliphatic carbocycles. The van der Waals surface area contributed by atoms with Gasteiger partial charge in [-0.25, -0.2) is 4.39 Å². The maximum atomic E-state index is 12.7. The number of anilines is 2. The summed E-state index contributed by atoms with van der Waals surface area (Å²) in [7, 11) is 0. The van der Waals surface area contributed by atoms with Crippen molar-refractivity contribution in [2.24, 2.45) is 0 Å². The highest BCUT2D eigenvalue weighted by molar-refractivity contribution is 5.69. The van der Waals surface area contributed by atoms with E-state index in [2.05, 4.69) is 0 Å². The molecular weight excluding hydrogens is 183 g/mol. The van der Waals surface area contributed by atoms with E-state index in [1.54, 1.807) is 13.0 Å². The first-order valence-electron chi connectivity index (χ1n) is 4.50. The van der Waals surface area contributed by atoms with Crippen molar-refractivity contribution in [1.82, 2.24) is 0 Å². The highest BCUT2D eigenvalue weighted by Crippen LogP contribution is 2.31. The summed E-state index contributed by atoms with van der Waals surface area (Å²) in [5.74, 6) is -0.335. The van der Waals surface area contributed by atoms with Crippen molar-refractivity contribution < 1.29 is 9.50 Å². The highest BCUT2D eigenvalue weighted by atomic mass is 19.1. The second-order valence-corrected chi connectivity index (χ2v) is 4.06. The lowest BCUT2D eigenvalue weighted by molar-refractivity contribution is 0.0311. The molecule has 3 nitrogen and oxygen atoms in total. The summed E-state index contributed by atoms with van der Waals surface area (Å²) in [6.45, 7) is 2.86. The fraction of sp³-hybridized carbons (Fsp3) is 0.400. The molecule has 1 aromatic carbocycles. The highest BCUT2D eigenvalue weighted by Gasteiger charge is 2.37. The average Bonchev–Trinajstić information content (AvgIpc) is 2.00. The third kappa shape index (κ3) is 1.53. The summed E-state index contributed by atoms with van der Waals surface area (Å²) in [5.41, 5.74) is 6.23. The minimum atomic E-state index is -0.638. The van der Waals surface area contributed by atoms with E-state index in [1.807, 2.05) is 4.90 Å². The molecule has 1 aliphatic rings. The van der Waals surface area contributed by atoms with E-state index in [1.165, 1.54) is 12.1 Å². The number of β-amino-alcohol motifs (C(OH)–C–C–N with tert-alkyl or cyclic N) is 1. The molecule has 0 amide bonds. The Morgan fingerprint density at radius 1 is 1.50 bits per heavy atom. The summed E-state index contributed by atoms with van der Waals surface area (Å²) in [5, 5.41) is 9.53. The van der Waals surface area contributed by atoms with Crippen LogP contribution in [0.4, 0.5) is 15.8 Å². The Kier molecular flexibility index (Phi) is 1.89. The number of halogens is 1. The third-order valence-electron chi connectivity index (χ3n) is 2.39. The number of nitrogens with two attached hydrogens (primary N) is 1. The van der Waals surface area contributed by atoms with Gasteiger partial charge in [-0.15, -0.1) is 0 Å². The van der Waals surface area contributed by atoms with Crippen LogP contribution in [0.5, 0.6) is 0 Å². The van der Waals surface area contributed by atoms with Crippen LogP contribution in [-0.2, 0) is 0 Å². The molecule has 0 unspecified atom stereocenters. The van der Waals surface area contributed by atoms with Gasteiger partial charge < -0.3 is 15.7 Å². The van der Waals surface area contributed by atoms with Crippen LogP contribution in [0, 0.1) is 5.82 Å². The molecule has 1 aromatic rings. The largest absolute Gasteiger partial charge is 0.397 e. The number of nitrogen functional groups attached to an aromatic ring is 1. The number of nitrogens with zero attached hydrogens (tertiary/aromatic N) is 1. The smallest absolute Gasteiger partial charge is 0.125 e. The van der Waals surface area contributed by atoms with Gasteiger partial charge in [0.2, 0.25) is 0 Å². The van der Waals surface area contributed by atoms with Crippen LogP contribution in [0.25, 0.3) is 0 Å². The Hall–Kier alpha value is -1.29. The van der Waals surface area contributed by atoms with E-state index in [0.717, 1.165) is 5.69 Å². The van der Waals surface area contributed by atoms with Gasteiger partial charge in [0.05, 0.1) is 17.0 Å². The van der Waals surface area contributed by atoms with E-state index >= 15 is 0 Å². The van der Waals surface area contributed by atoms with Gasteiger partial charge in [0.25, 0.3) is 0 Å². The van der Waals surface area contributed by atoms with Crippen LogP contribution >= 0.6 is 0 Å². The number of rotatable bonds is 1. The van der Waals surface area contributed by atoms with Crippen LogP contribution < -0.4 is 10.6 Å². The molecule has 4 heteroatoms. The fourth-order valence-corrected chi connectivity index (χ4v) is 1.76. The molecule has 1 saturated heterocycles. The molecule has 0 atom stereocenters. The van der Waals surface area contributed by atoms with Crippen LogP contribution in [0.1, 0.15) is 6.92 Å². The van der Waals surface area contributed by atoms with Gasteiger partial charge in [0, 0.05) is 13.1 Å². The Labute approximate surface area is 81.9 Å². The summed E-state index contributed by atoms with van der Waals surface area (Å²) < 4.78 is 12.7. The SMILES string of the molecule is CC1(O)CN(c2ccc(F)cc2N)C1. The maximum Gasteiger partial charge on any atom is 0.125 e. The van der Waals surface area contributed by atoms with Crippen molar-refractivity contribution in [2.45, 2.75) is 12.5 Å². The molecule has 0 radical (unpaired) electrons. The fourth-order valence-electron chi connectivity index (χ4n) is 1.76. The monoisotopic (exact) mass is 196 g/mol. The van der Waals surface area contributed by atoms with Crippen LogP contribution in [0.2, 0.25) is 0 Å². The molecule has 76 valence electrons. The second-order valence-electron chi connectivity index (χ2n) is 4.06. The number of hydrogen-bond acceptors (Lipinski definition) is 3. The summed E-state index contributed by atoms with van der Waals surface area (Å²) in [6, 6.07) is 4.31. The molecule has 0 saturated carbocycles. The number of benzene rings is 1. The molecular formula is C10H13FN2O. The van der Waals surface area contributed by atoms with Crippen molar-refractivity contribution in [3.05, 3.63) is 24.0 Å². The molecule has 2 rings (SSSR count). The maximum absolute atomic E-state index is 12.7. The Morgan fingerprint density at radius 3 is 2.64 bits per heavy atom. The standard InChI is InChI=1S/C10H13FN2O/c1-10(14)5-13(6-10)9-3-2-7(11)4-8(9)12/h2-4,14H,5-6,12H2,1H3. The Balaban J connectivity index is 2.19. The quantitative estimate of drug-likeness (QED) is 0.658. The molecule has 14 heavy (non-hydrogen) atoms. The first-order chi connectivity index (χ1) is 6.48. The lowest BCUT2D eigenvalue weighted by Gasteiger charge is -2.46. The zero-order chi connectivity index (χ0) is 10.3. The first kappa shape index (κ1) is 9.27. The summed E-state index contributed by atoms with van der Waals surface area (Å²) >= 11 is 0. The van der Waals surface area contributed by atoms with Crippen LogP contribution in [-0.4, -0.2) is 23.8 Å². The van der Waals surface area contributed by atoms with Gasteiger partial charge in [0.15, 0.2) is 0 Å². The first-order valence-corrected chi connectivity index (χ1v) is 4.50. The lowest BCUT2D eigenvalue weighted by atomic mass is 9.96. The van der Waals surface area contributed by atoms with E-state index in [4.69, 9.17) is 5.73 Å². The van der Waals surface area contributed by atoms with Crippen molar-refractivity contribution in [1.29, 1.82) is 0 Å². The van der Waals surface area contributed by atoms with E-state index < -0.39 is 5.60 Å². The number of aliphatic hydroxyl groups is 1. The van der Waals surface area contributed by atoms with Crippen molar-refractivity contribution >= 4 is 11.4 Å². The normalized spacial score (nSPS) is 19.2. The summed E-state index contributed by atoms with van der Waals surface area (Å²) in [6.07, 6.45) is 0. The van der Waals surface area contributed by atoms with Gasteiger partial charge in [-0.05, 0) is 25.1 Å². The lowest BCUT2D eigenvalue weighted by Crippen LogP contribution is -2.60. The average molecular weight is 196 g/mol. The molecule has 1 heterocycles. The summed E-state index contributed by atoms with van der Waals surface area (Å²) in [4.78, 5) is 1.93. The van der Waals surface area contributed by atoms with E-state index in [9.17, 15) is 9.50 Å². The zero-order valence-corrected chi connectivity index (χ0v) is 8.00. The Bertz CT molecular complexity index is 357. The van der Waals surface area contributed by atoms with Crippen molar-refractivity contribution in [3.8, 4) is 0 Å².